The number of aromatic nitrogens is 2. The molecule has 1 aliphatic carbocycles. The van der Waals surface area contributed by atoms with Gasteiger partial charge in [-0.3, -0.25) is 23.2 Å². The fraction of sp³-hybridized carbons (Fsp3) is 0.688. The molecule has 2 atom stereocenters. The Morgan fingerprint density at radius 2 is 1.70 bits per heavy atom. The summed E-state index contributed by atoms with van der Waals surface area (Å²) in [5, 5.41) is 13.5. The first-order valence-corrected chi connectivity index (χ1v) is 20.4. The molecule has 2 aromatic rings. The second-order valence-electron chi connectivity index (χ2n) is 13.9. The molecule has 4 rings (SSSR count). The van der Waals surface area contributed by atoms with E-state index >= 15 is 0 Å². The summed E-state index contributed by atoms with van der Waals surface area (Å²) in [4.78, 5) is 29.2. The molecule has 0 bridgehead atoms. The van der Waals surface area contributed by atoms with Crippen molar-refractivity contribution in [2.75, 3.05) is 30.1 Å². The summed E-state index contributed by atoms with van der Waals surface area (Å²) >= 11 is 6.37. The van der Waals surface area contributed by atoms with Crippen LogP contribution in [0.5, 0.6) is 0 Å². The van der Waals surface area contributed by atoms with E-state index in [0.717, 1.165) is 0 Å². The van der Waals surface area contributed by atoms with Crippen LogP contribution in [0.3, 0.4) is 0 Å². The van der Waals surface area contributed by atoms with Crippen LogP contribution in [0.1, 0.15) is 91.9 Å². The number of hydrogen-bond donors (Lipinski definition) is 1. The first kappa shape index (κ1) is 40.0. The van der Waals surface area contributed by atoms with Crippen molar-refractivity contribution in [1.29, 1.82) is 5.26 Å². The van der Waals surface area contributed by atoms with Crippen molar-refractivity contribution in [1.82, 2.24) is 9.55 Å². The van der Waals surface area contributed by atoms with E-state index in [1.54, 1.807) is 58.4 Å². The number of hydrogen-bond acceptors (Lipinski definition) is 13. The molecule has 278 valence electrons. The largest absolute Gasteiger partial charge is 0.438 e. The van der Waals surface area contributed by atoms with E-state index in [9.17, 15) is 32.2 Å². The highest BCUT2D eigenvalue weighted by Gasteiger charge is 2.39. The number of ether oxygens (including phenoxy) is 3. The lowest BCUT2D eigenvalue weighted by molar-refractivity contribution is -0.163. The van der Waals surface area contributed by atoms with Gasteiger partial charge in [0.2, 0.25) is 13.6 Å². The zero-order valence-corrected chi connectivity index (χ0v) is 31.5. The molecule has 0 radical (unpaired) electrons. The van der Waals surface area contributed by atoms with Gasteiger partial charge >= 0.3 is 19.5 Å². The van der Waals surface area contributed by atoms with Gasteiger partial charge in [0.05, 0.1) is 28.4 Å². The number of halogens is 2. The number of rotatable bonds is 17. The molecule has 1 N–H and O–H groups in total. The second kappa shape index (κ2) is 15.8. The van der Waals surface area contributed by atoms with Crippen LogP contribution in [0.4, 0.5) is 10.1 Å². The van der Waals surface area contributed by atoms with Gasteiger partial charge in [0.1, 0.15) is 29.7 Å². The van der Waals surface area contributed by atoms with Gasteiger partial charge in [-0.2, -0.15) is 5.26 Å². The number of nitriles is 1. The summed E-state index contributed by atoms with van der Waals surface area (Å²) in [6, 6.07) is 3.63. The fourth-order valence-corrected chi connectivity index (χ4v) is 9.67. The molecular weight excluding hydrogens is 718 g/mol. The third kappa shape index (κ3) is 9.54. The molecule has 2 fully saturated rings. The predicted molar refractivity (Wildman–Crippen MR) is 183 cm³/mol. The van der Waals surface area contributed by atoms with Crippen molar-refractivity contribution in [2.45, 2.75) is 105 Å². The number of nitrogens with zero attached hydrogens (tertiary/aromatic N) is 3. The summed E-state index contributed by atoms with van der Waals surface area (Å²) in [5.41, 5.74) is -1.85. The van der Waals surface area contributed by atoms with Crippen LogP contribution in [0.25, 0.3) is 11.0 Å². The molecule has 0 amide bonds. The Bertz CT molecular complexity index is 1740. The number of pyridine rings is 1. The Balaban J connectivity index is 1.45. The Morgan fingerprint density at radius 1 is 1.12 bits per heavy atom. The number of carbonyl (C=O) groups excluding carboxylic acids is 2. The number of alkyl halides is 1. The molecule has 1 aliphatic heterocycles. The first-order chi connectivity index (χ1) is 23.3. The number of fused-ring (bicyclic) bond motifs is 1. The normalized spacial score (nSPS) is 21.4. The van der Waals surface area contributed by atoms with Gasteiger partial charge in [-0.05, 0) is 72.3 Å². The number of esters is 2. The molecule has 50 heavy (non-hydrogen) atoms. The van der Waals surface area contributed by atoms with Crippen molar-refractivity contribution < 1.29 is 50.2 Å². The van der Waals surface area contributed by atoms with Crippen LogP contribution in [-0.4, -0.2) is 73.1 Å². The highest BCUT2D eigenvalue weighted by molar-refractivity contribution is 7.97. The molecule has 0 aromatic carbocycles. The van der Waals surface area contributed by atoms with E-state index in [4.69, 9.17) is 34.9 Å². The number of carbonyl (C=O) groups is 2. The van der Waals surface area contributed by atoms with E-state index in [1.165, 1.54) is 0 Å². The molecule has 0 spiro atoms. The second-order valence-corrected chi connectivity index (χ2v) is 18.9. The lowest BCUT2D eigenvalue weighted by Gasteiger charge is -2.31. The first-order valence-electron chi connectivity index (χ1n) is 16.4. The Hall–Kier alpha value is -2.80. The van der Waals surface area contributed by atoms with Crippen LogP contribution in [-0.2, 0) is 47.2 Å². The van der Waals surface area contributed by atoms with Crippen molar-refractivity contribution in [3.05, 3.63) is 23.0 Å². The Kier molecular flexibility index (Phi) is 12.7. The SMILES string of the molecule is CCC(C)(C)C(=O)OCOP(=O)(CS(=O)(=O)C[C@@H]1CC[C@H](n2ccc3c(NC4CC(F)C4)c(C#N)c(Cl)nc32)O1)OCOC(=O)C(C)(C)CC. The summed E-state index contributed by atoms with van der Waals surface area (Å²) in [7, 11) is -8.75. The maximum absolute atomic E-state index is 13.7. The minimum absolute atomic E-state index is 0.0423. The topological polar surface area (TPSA) is 185 Å². The molecule has 3 heterocycles. The van der Waals surface area contributed by atoms with Gasteiger partial charge in [-0.1, -0.05) is 25.4 Å². The number of anilines is 1. The minimum Gasteiger partial charge on any atom is -0.438 e. The molecule has 14 nitrogen and oxygen atoms in total. The third-order valence-electron chi connectivity index (χ3n) is 9.30. The van der Waals surface area contributed by atoms with Crippen LogP contribution in [0.2, 0.25) is 5.15 Å². The molecule has 0 unspecified atom stereocenters. The standard InChI is InChI=1S/C32H45ClFN4O10PS/c1-7-31(3,4)29(39)44-17-46-49(41,47-18-45-30(40)32(5,6)8-2)19-50(42,43)16-22-9-10-25(48-22)38-12-11-23-26(36-21-13-20(34)14-21)24(15-35)27(33)37-28(23)38/h11-12,20-22,25H,7-10,13-14,16-19H2,1-6H3,(H,36,37)/t20?,21?,22-,25+/m0/s1. The average Bonchev–Trinajstić information content (AvgIpc) is 3.66. The Labute approximate surface area is 296 Å². The minimum atomic E-state index is -4.54. The fourth-order valence-electron chi connectivity index (χ4n) is 5.20. The van der Waals surface area contributed by atoms with E-state index < -0.39 is 83.5 Å². The van der Waals surface area contributed by atoms with Crippen molar-refractivity contribution in [3.8, 4) is 6.07 Å². The van der Waals surface area contributed by atoms with Crippen LogP contribution < -0.4 is 5.32 Å². The lowest BCUT2D eigenvalue weighted by Crippen LogP contribution is -2.36. The molecule has 2 aromatic heterocycles. The van der Waals surface area contributed by atoms with Gasteiger partial charge in [0.15, 0.2) is 20.5 Å². The predicted octanol–water partition coefficient (Wildman–Crippen LogP) is 6.62. The van der Waals surface area contributed by atoms with Crippen LogP contribution in [0.15, 0.2) is 12.3 Å². The number of nitrogens with one attached hydrogen (secondary N) is 1. The van der Waals surface area contributed by atoms with E-state index in [1.807, 2.05) is 0 Å². The van der Waals surface area contributed by atoms with E-state index in [-0.39, 0.29) is 16.8 Å². The quantitative estimate of drug-likeness (QED) is 0.0785. The average molecular weight is 763 g/mol. The van der Waals surface area contributed by atoms with Crippen LogP contribution in [0, 0.1) is 22.2 Å². The molecule has 1 saturated heterocycles. The Morgan fingerprint density at radius 3 is 2.22 bits per heavy atom. The molecular formula is C32H45ClFN4O10PS. The van der Waals surface area contributed by atoms with E-state index in [2.05, 4.69) is 16.4 Å². The van der Waals surface area contributed by atoms with Crippen molar-refractivity contribution in [2.24, 2.45) is 10.8 Å². The lowest BCUT2D eigenvalue weighted by atomic mass is 9.90. The van der Waals surface area contributed by atoms with Crippen LogP contribution >= 0.6 is 19.2 Å². The summed E-state index contributed by atoms with van der Waals surface area (Å²) < 4.78 is 82.5. The van der Waals surface area contributed by atoms with Gasteiger partial charge in [0.25, 0.3) is 0 Å². The highest BCUT2D eigenvalue weighted by Crippen LogP contribution is 2.50. The van der Waals surface area contributed by atoms with Gasteiger partial charge in [-0.25, -0.2) is 17.8 Å². The summed E-state index contributed by atoms with van der Waals surface area (Å²) in [5.74, 6) is -1.84. The maximum Gasteiger partial charge on any atom is 0.351 e. The highest BCUT2D eigenvalue weighted by atomic mass is 35.5. The van der Waals surface area contributed by atoms with Gasteiger partial charge < -0.3 is 24.1 Å². The zero-order chi connectivity index (χ0) is 37.1. The monoisotopic (exact) mass is 762 g/mol. The third-order valence-corrected chi connectivity index (χ3v) is 14.3. The molecule has 2 aliphatic rings. The number of sulfone groups is 1. The summed E-state index contributed by atoms with van der Waals surface area (Å²) in [6.45, 7) is 8.48. The molecule has 18 heteroatoms. The molecule has 1 saturated carbocycles. The maximum atomic E-state index is 13.7. The van der Waals surface area contributed by atoms with Crippen molar-refractivity contribution in [3.63, 3.8) is 0 Å². The zero-order valence-electron chi connectivity index (χ0n) is 29.1. The van der Waals surface area contributed by atoms with Crippen molar-refractivity contribution >= 4 is 57.7 Å². The van der Waals surface area contributed by atoms with E-state index in [0.29, 0.717) is 55.2 Å². The smallest absolute Gasteiger partial charge is 0.351 e. The van der Waals surface area contributed by atoms with Gasteiger partial charge in [0, 0.05) is 17.6 Å². The summed E-state index contributed by atoms with van der Waals surface area (Å²) in [6.07, 6.45) is 1.55. The van der Waals surface area contributed by atoms with Gasteiger partial charge in [-0.15, -0.1) is 0 Å².